The van der Waals surface area contributed by atoms with Gasteiger partial charge in [-0.1, -0.05) is 18.2 Å². The number of hydrogen-bond acceptors (Lipinski definition) is 5. The predicted octanol–water partition coefficient (Wildman–Crippen LogP) is 2.89. The van der Waals surface area contributed by atoms with E-state index in [0.29, 0.717) is 18.7 Å². The van der Waals surface area contributed by atoms with E-state index < -0.39 is 0 Å². The van der Waals surface area contributed by atoms with Crippen molar-refractivity contribution in [1.82, 2.24) is 9.88 Å². The molecule has 6 heteroatoms. The number of aromatic nitrogens is 1. The molecule has 0 unspecified atom stereocenters. The van der Waals surface area contributed by atoms with Crippen LogP contribution in [0.25, 0.3) is 10.9 Å². The van der Waals surface area contributed by atoms with Gasteiger partial charge in [-0.3, -0.25) is 4.90 Å². The summed E-state index contributed by atoms with van der Waals surface area (Å²) in [5, 5.41) is 9.86. The topological polar surface area (TPSA) is 54.8 Å². The number of halogens is 1. The van der Waals surface area contributed by atoms with Crippen molar-refractivity contribution < 1.29 is 19.0 Å². The number of benzene rings is 1. The monoisotopic (exact) mass is 374 g/mol. The Hall–Kier alpha value is -1.60. The van der Waals surface area contributed by atoms with Crippen molar-refractivity contribution in [3.05, 3.63) is 41.8 Å². The van der Waals surface area contributed by atoms with Gasteiger partial charge in [0.1, 0.15) is 11.3 Å². The molecule has 0 bridgehead atoms. The second kappa shape index (κ2) is 7.80. The smallest absolute Gasteiger partial charge is 0.149 e. The Kier molecular flexibility index (Phi) is 5.41. The summed E-state index contributed by atoms with van der Waals surface area (Å²) in [7, 11) is 1.80. The van der Waals surface area contributed by atoms with Crippen molar-refractivity contribution >= 4 is 10.9 Å². The van der Waals surface area contributed by atoms with Gasteiger partial charge >= 0.3 is 0 Å². The highest BCUT2D eigenvalue weighted by molar-refractivity contribution is 5.79. The van der Waals surface area contributed by atoms with E-state index in [-0.39, 0.29) is 30.2 Å². The molecule has 1 aromatic heterocycles. The number of methoxy groups -OCH3 is 1. The normalized spacial score (nSPS) is 28.6. The van der Waals surface area contributed by atoms with Crippen molar-refractivity contribution in [3.8, 4) is 0 Å². The molecule has 4 rings (SSSR count). The summed E-state index contributed by atoms with van der Waals surface area (Å²) in [5.74, 6) is -0.280. The number of aliphatic hydroxyl groups is 1. The Bertz CT molecular complexity index is 802. The third kappa shape index (κ3) is 3.59. The summed E-state index contributed by atoms with van der Waals surface area (Å²) < 4.78 is 25.9. The Labute approximate surface area is 159 Å². The molecule has 1 aromatic carbocycles. The average Bonchev–Trinajstić information content (AvgIpc) is 3.05. The summed E-state index contributed by atoms with van der Waals surface area (Å²) >= 11 is 0. The Balaban J connectivity index is 1.54. The van der Waals surface area contributed by atoms with Crippen LogP contribution in [0, 0.1) is 5.82 Å². The predicted molar refractivity (Wildman–Crippen MR) is 101 cm³/mol. The second-order valence-electron chi connectivity index (χ2n) is 7.61. The van der Waals surface area contributed by atoms with Gasteiger partial charge in [0, 0.05) is 31.6 Å². The summed E-state index contributed by atoms with van der Waals surface area (Å²) in [6.45, 7) is 2.03. The van der Waals surface area contributed by atoms with Gasteiger partial charge in [-0.2, -0.15) is 0 Å². The third-order valence-electron chi connectivity index (χ3n) is 6.19. The zero-order chi connectivity index (χ0) is 18.9. The van der Waals surface area contributed by atoms with E-state index in [1.165, 1.54) is 6.07 Å². The van der Waals surface area contributed by atoms with Crippen molar-refractivity contribution in [2.24, 2.45) is 0 Å². The number of aliphatic hydroxyl groups excluding tert-OH is 1. The van der Waals surface area contributed by atoms with Crippen LogP contribution in [0.4, 0.5) is 4.39 Å². The van der Waals surface area contributed by atoms with E-state index in [0.717, 1.165) is 43.3 Å². The molecule has 3 atom stereocenters. The van der Waals surface area contributed by atoms with Gasteiger partial charge < -0.3 is 14.6 Å². The fourth-order valence-electron chi connectivity index (χ4n) is 4.76. The molecule has 27 heavy (non-hydrogen) atoms. The van der Waals surface area contributed by atoms with Crippen molar-refractivity contribution in [2.75, 3.05) is 26.9 Å². The molecule has 0 amide bonds. The Morgan fingerprint density at radius 1 is 1.30 bits per heavy atom. The number of rotatable bonds is 6. The van der Waals surface area contributed by atoms with Gasteiger partial charge in [0.05, 0.1) is 30.6 Å². The van der Waals surface area contributed by atoms with E-state index in [2.05, 4.69) is 9.88 Å². The molecule has 5 nitrogen and oxygen atoms in total. The van der Waals surface area contributed by atoms with Crippen LogP contribution >= 0.6 is 0 Å². The van der Waals surface area contributed by atoms with Crippen LogP contribution in [0.3, 0.4) is 0 Å². The fraction of sp³-hybridized carbons (Fsp3) is 0.571. The summed E-state index contributed by atoms with van der Waals surface area (Å²) in [6, 6.07) is 9.21. The standard InChI is InChI=1S/C21H27FN2O3/c1-26-21-8-7-17(27-12-11-25)13-19(21)24(10-9-21)14-16-6-5-15-3-2-4-18(22)20(15)23-16/h2-6,17,19,25H,7-14H2,1H3/t17-,19-,21+/m0/s1. The molecule has 1 saturated carbocycles. The molecule has 0 spiro atoms. The first kappa shape index (κ1) is 18.7. The third-order valence-corrected chi connectivity index (χ3v) is 6.19. The van der Waals surface area contributed by atoms with Gasteiger partial charge in [-0.15, -0.1) is 0 Å². The summed E-state index contributed by atoms with van der Waals surface area (Å²) in [5.41, 5.74) is 1.17. The molecule has 0 radical (unpaired) electrons. The highest BCUT2D eigenvalue weighted by atomic mass is 19.1. The molecule has 2 fully saturated rings. The highest BCUT2D eigenvalue weighted by Gasteiger charge is 2.51. The Morgan fingerprint density at radius 2 is 2.19 bits per heavy atom. The largest absolute Gasteiger partial charge is 0.394 e. The molecule has 1 N–H and O–H groups in total. The summed E-state index contributed by atoms with van der Waals surface area (Å²) in [6.07, 6.45) is 3.93. The second-order valence-corrected chi connectivity index (χ2v) is 7.61. The number of para-hydroxylation sites is 1. The lowest BCUT2D eigenvalue weighted by Gasteiger charge is -2.43. The van der Waals surface area contributed by atoms with Crippen LogP contribution in [-0.2, 0) is 16.0 Å². The molecule has 1 aliphatic heterocycles. The SMILES string of the molecule is CO[C@@]12CC[C@H](OCCO)C[C@@H]1N(Cc1ccc3cccc(F)c3n1)CC2. The van der Waals surface area contributed by atoms with Crippen LogP contribution in [0.15, 0.2) is 30.3 Å². The average molecular weight is 374 g/mol. The van der Waals surface area contributed by atoms with Gasteiger partial charge in [0.2, 0.25) is 0 Å². The lowest BCUT2D eigenvalue weighted by molar-refractivity contribution is -0.104. The van der Waals surface area contributed by atoms with Crippen LogP contribution in [0.5, 0.6) is 0 Å². The van der Waals surface area contributed by atoms with Gasteiger partial charge in [0.15, 0.2) is 0 Å². The van der Waals surface area contributed by atoms with E-state index >= 15 is 0 Å². The zero-order valence-electron chi connectivity index (χ0n) is 15.7. The molecule has 2 aromatic rings. The number of nitrogens with zero attached hydrogens (tertiary/aromatic N) is 2. The van der Waals surface area contributed by atoms with Crippen molar-refractivity contribution in [3.63, 3.8) is 0 Å². The van der Waals surface area contributed by atoms with Gasteiger partial charge in [-0.25, -0.2) is 9.37 Å². The summed E-state index contributed by atoms with van der Waals surface area (Å²) in [4.78, 5) is 6.97. The maximum atomic E-state index is 14.1. The maximum Gasteiger partial charge on any atom is 0.149 e. The van der Waals surface area contributed by atoms with E-state index in [1.807, 2.05) is 18.2 Å². The van der Waals surface area contributed by atoms with Crippen LogP contribution < -0.4 is 0 Å². The van der Waals surface area contributed by atoms with E-state index in [9.17, 15) is 4.39 Å². The molecular weight excluding hydrogens is 347 g/mol. The number of hydrogen-bond donors (Lipinski definition) is 1. The first-order valence-electron chi connectivity index (χ1n) is 9.71. The maximum absolute atomic E-state index is 14.1. The fourth-order valence-corrected chi connectivity index (χ4v) is 4.76. The highest BCUT2D eigenvalue weighted by Crippen LogP contribution is 2.43. The molecular formula is C21H27FN2O3. The Morgan fingerprint density at radius 3 is 3.00 bits per heavy atom. The lowest BCUT2D eigenvalue weighted by Crippen LogP contribution is -2.51. The molecule has 146 valence electrons. The van der Waals surface area contributed by atoms with E-state index in [4.69, 9.17) is 14.6 Å². The number of likely N-dealkylation sites (tertiary alicyclic amines) is 1. The number of ether oxygens (including phenoxy) is 2. The lowest BCUT2D eigenvalue weighted by atomic mass is 9.79. The number of fused-ring (bicyclic) bond motifs is 2. The van der Waals surface area contributed by atoms with Crippen molar-refractivity contribution in [2.45, 2.75) is 50.0 Å². The molecule has 1 aliphatic carbocycles. The zero-order valence-corrected chi connectivity index (χ0v) is 15.7. The minimum Gasteiger partial charge on any atom is -0.394 e. The van der Waals surface area contributed by atoms with Crippen LogP contribution in [0.1, 0.15) is 31.4 Å². The van der Waals surface area contributed by atoms with Gasteiger partial charge in [0.25, 0.3) is 0 Å². The molecule has 2 heterocycles. The molecule has 2 aliphatic rings. The number of pyridine rings is 1. The van der Waals surface area contributed by atoms with Gasteiger partial charge in [-0.05, 0) is 37.8 Å². The first-order valence-corrected chi connectivity index (χ1v) is 9.71. The molecule has 1 saturated heterocycles. The van der Waals surface area contributed by atoms with Crippen LogP contribution in [-0.4, -0.2) is 59.6 Å². The minimum absolute atomic E-state index is 0.0485. The van der Waals surface area contributed by atoms with Crippen LogP contribution in [0.2, 0.25) is 0 Å². The van der Waals surface area contributed by atoms with Crippen molar-refractivity contribution in [1.29, 1.82) is 0 Å². The minimum atomic E-state index is -0.280. The quantitative estimate of drug-likeness (QED) is 0.843. The first-order chi connectivity index (χ1) is 13.1. The van der Waals surface area contributed by atoms with E-state index in [1.54, 1.807) is 13.2 Å².